The van der Waals surface area contributed by atoms with Crippen LogP contribution in [-0.2, 0) is 14.3 Å². The molecule has 0 saturated heterocycles. The molecule has 0 bridgehead atoms. The highest BCUT2D eigenvalue weighted by Crippen LogP contribution is 2.46. The first kappa shape index (κ1) is 22.6. The van der Waals surface area contributed by atoms with Gasteiger partial charge in [0, 0.05) is 29.0 Å². The van der Waals surface area contributed by atoms with Crippen LogP contribution in [0, 0.1) is 12.3 Å². The number of nitrogens with one attached hydrogen (secondary N) is 1. The molecule has 2 aliphatic carbocycles. The van der Waals surface area contributed by atoms with Gasteiger partial charge in [-0.1, -0.05) is 25.5 Å². The van der Waals surface area contributed by atoms with Crippen LogP contribution in [0.2, 0.25) is 0 Å². The lowest BCUT2D eigenvalue weighted by Crippen LogP contribution is -2.40. The molecule has 2 aromatic rings. The molecule has 1 aliphatic heterocycles. The van der Waals surface area contributed by atoms with E-state index in [9.17, 15) is 14.4 Å². The summed E-state index contributed by atoms with van der Waals surface area (Å²) in [7, 11) is 0. The first-order valence-electron chi connectivity index (χ1n) is 12.1. The summed E-state index contributed by atoms with van der Waals surface area (Å²) in [6, 6.07) is 5.45. The number of carbonyl (C=O) groups is 2. The third kappa shape index (κ3) is 3.89. The van der Waals surface area contributed by atoms with E-state index < -0.39 is 11.9 Å². The fourth-order valence-corrected chi connectivity index (χ4v) is 5.70. The molecule has 1 aromatic heterocycles. The number of esters is 1. The smallest absolute Gasteiger partial charge is 0.337 e. The SMILES string of the molecule is CC1=C(C(=O)OC2CCCC2)C(c2coc3ccc(C)cc3c2=O)C2=C(CC(C)(C)CC2=O)N1. The van der Waals surface area contributed by atoms with Crippen molar-refractivity contribution < 1.29 is 18.7 Å². The number of Topliss-reactive ketones (excluding diaryl/α,β-unsaturated/α-hetero) is 1. The summed E-state index contributed by atoms with van der Waals surface area (Å²) in [4.78, 5) is 40.7. The zero-order valence-electron chi connectivity index (χ0n) is 20.2. The summed E-state index contributed by atoms with van der Waals surface area (Å²) in [5.74, 6) is -1.32. The number of aryl methyl sites for hydroxylation is 1. The van der Waals surface area contributed by atoms with Crippen LogP contribution in [0.25, 0.3) is 11.0 Å². The maximum Gasteiger partial charge on any atom is 0.337 e. The van der Waals surface area contributed by atoms with Crippen molar-refractivity contribution in [1.29, 1.82) is 0 Å². The van der Waals surface area contributed by atoms with E-state index in [1.54, 1.807) is 12.1 Å². The standard InChI is InChI=1S/C28H31NO5/c1-15-9-10-22-18(11-15)26(31)19(14-33-22)24-23(27(32)34-17-7-5-6-8-17)16(2)29-20-12-28(3,4)13-21(30)25(20)24/h9-11,14,17,24,29H,5-8,12-13H2,1-4H3. The number of ketones is 1. The van der Waals surface area contributed by atoms with Gasteiger partial charge in [0.25, 0.3) is 0 Å². The number of fused-ring (bicyclic) bond motifs is 1. The lowest BCUT2D eigenvalue weighted by molar-refractivity contribution is -0.144. The highest BCUT2D eigenvalue weighted by molar-refractivity contribution is 6.04. The van der Waals surface area contributed by atoms with Gasteiger partial charge >= 0.3 is 5.97 Å². The Bertz CT molecular complexity index is 1320. The molecule has 1 fully saturated rings. The predicted octanol–water partition coefficient (Wildman–Crippen LogP) is 5.19. The Morgan fingerprint density at radius 1 is 1.12 bits per heavy atom. The summed E-state index contributed by atoms with van der Waals surface area (Å²) < 4.78 is 11.7. The number of benzene rings is 1. The van der Waals surface area contributed by atoms with Crippen molar-refractivity contribution >= 4 is 22.7 Å². The average molecular weight is 462 g/mol. The molecule has 178 valence electrons. The van der Waals surface area contributed by atoms with E-state index in [1.807, 2.05) is 19.9 Å². The molecule has 6 nitrogen and oxygen atoms in total. The molecule has 1 aromatic carbocycles. The number of rotatable bonds is 3. The van der Waals surface area contributed by atoms with Crippen LogP contribution < -0.4 is 10.7 Å². The van der Waals surface area contributed by atoms with E-state index in [4.69, 9.17) is 9.15 Å². The molecular formula is C28H31NO5. The summed E-state index contributed by atoms with van der Waals surface area (Å²) in [5, 5.41) is 3.78. The van der Waals surface area contributed by atoms with Crippen LogP contribution in [0.3, 0.4) is 0 Å². The highest BCUT2D eigenvalue weighted by Gasteiger charge is 2.44. The molecule has 6 heteroatoms. The third-order valence-electron chi connectivity index (χ3n) is 7.30. The van der Waals surface area contributed by atoms with Crippen LogP contribution in [0.5, 0.6) is 0 Å². The second-order valence-electron chi connectivity index (χ2n) is 10.8. The van der Waals surface area contributed by atoms with Gasteiger partial charge < -0.3 is 14.5 Å². The van der Waals surface area contributed by atoms with Gasteiger partial charge in [-0.05, 0) is 63.5 Å². The fourth-order valence-electron chi connectivity index (χ4n) is 5.70. The van der Waals surface area contributed by atoms with Gasteiger partial charge in [-0.25, -0.2) is 4.79 Å². The molecule has 5 rings (SSSR count). The minimum atomic E-state index is -0.810. The number of allylic oxidation sites excluding steroid dienone is 3. The molecule has 0 spiro atoms. The summed E-state index contributed by atoms with van der Waals surface area (Å²) in [5.41, 5.74) is 3.52. The Morgan fingerprint density at radius 2 is 1.85 bits per heavy atom. The normalized spacial score (nSPS) is 22.7. The molecule has 0 radical (unpaired) electrons. The van der Waals surface area contributed by atoms with Crippen LogP contribution in [-0.4, -0.2) is 17.9 Å². The maximum atomic E-state index is 13.7. The van der Waals surface area contributed by atoms with Crippen molar-refractivity contribution in [1.82, 2.24) is 5.32 Å². The molecule has 3 aliphatic rings. The van der Waals surface area contributed by atoms with Gasteiger partial charge in [-0.3, -0.25) is 9.59 Å². The topological polar surface area (TPSA) is 85.6 Å². The number of dihydropyridines is 1. The minimum absolute atomic E-state index is 0.0499. The van der Waals surface area contributed by atoms with E-state index >= 15 is 0 Å². The predicted molar refractivity (Wildman–Crippen MR) is 129 cm³/mol. The number of hydrogen-bond acceptors (Lipinski definition) is 6. The van der Waals surface area contributed by atoms with Gasteiger partial charge in [0.1, 0.15) is 11.7 Å². The van der Waals surface area contributed by atoms with E-state index in [0.29, 0.717) is 46.2 Å². The Morgan fingerprint density at radius 3 is 2.59 bits per heavy atom. The van der Waals surface area contributed by atoms with E-state index in [-0.39, 0.29) is 22.7 Å². The zero-order valence-corrected chi connectivity index (χ0v) is 20.2. The van der Waals surface area contributed by atoms with Crippen molar-refractivity contribution in [2.45, 2.75) is 78.2 Å². The quantitative estimate of drug-likeness (QED) is 0.633. The average Bonchev–Trinajstić information content (AvgIpc) is 3.25. The zero-order chi connectivity index (χ0) is 24.2. The van der Waals surface area contributed by atoms with Crippen LogP contribution >= 0.6 is 0 Å². The summed E-state index contributed by atoms with van der Waals surface area (Å²) in [6.07, 6.45) is 6.06. The molecule has 1 N–H and O–H groups in total. The highest BCUT2D eigenvalue weighted by atomic mass is 16.5. The number of ether oxygens (including phenoxy) is 1. The molecule has 2 heterocycles. The van der Waals surface area contributed by atoms with E-state index in [0.717, 1.165) is 36.9 Å². The monoisotopic (exact) mass is 461 g/mol. The molecule has 1 saturated carbocycles. The van der Waals surface area contributed by atoms with Gasteiger partial charge in [0.05, 0.1) is 23.1 Å². The lowest BCUT2D eigenvalue weighted by atomic mass is 9.68. The van der Waals surface area contributed by atoms with Gasteiger partial charge in [0.15, 0.2) is 11.2 Å². The summed E-state index contributed by atoms with van der Waals surface area (Å²) >= 11 is 0. The van der Waals surface area contributed by atoms with Crippen molar-refractivity contribution in [3.63, 3.8) is 0 Å². The Balaban J connectivity index is 1.69. The number of hydrogen-bond donors (Lipinski definition) is 1. The Kier molecular flexibility index (Phi) is 5.50. The van der Waals surface area contributed by atoms with E-state index in [2.05, 4.69) is 19.2 Å². The van der Waals surface area contributed by atoms with Crippen molar-refractivity contribution in [3.8, 4) is 0 Å². The van der Waals surface area contributed by atoms with Crippen LogP contribution in [0.15, 0.2) is 56.2 Å². The van der Waals surface area contributed by atoms with Crippen molar-refractivity contribution in [2.24, 2.45) is 5.41 Å². The van der Waals surface area contributed by atoms with Crippen molar-refractivity contribution in [3.05, 3.63) is 68.4 Å². The van der Waals surface area contributed by atoms with Gasteiger partial charge in [-0.15, -0.1) is 0 Å². The maximum absolute atomic E-state index is 13.7. The molecule has 0 amide bonds. The minimum Gasteiger partial charge on any atom is -0.464 e. The molecule has 1 atom stereocenters. The van der Waals surface area contributed by atoms with Crippen LogP contribution in [0.1, 0.15) is 76.3 Å². The third-order valence-corrected chi connectivity index (χ3v) is 7.30. The first-order valence-corrected chi connectivity index (χ1v) is 12.1. The Labute approximate surface area is 199 Å². The molecule has 34 heavy (non-hydrogen) atoms. The lowest BCUT2D eigenvalue weighted by Gasteiger charge is -2.39. The van der Waals surface area contributed by atoms with Gasteiger partial charge in [0.2, 0.25) is 0 Å². The second-order valence-corrected chi connectivity index (χ2v) is 10.8. The summed E-state index contributed by atoms with van der Waals surface area (Å²) in [6.45, 7) is 7.85. The number of carbonyl (C=O) groups excluding carboxylic acids is 2. The Hall–Kier alpha value is -3.15. The van der Waals surface area contributed by atoms with E-state index in [1.165, 1.54) is 6.26 Å². The first-order chi connectivity index (χ1) is 16.1. The molecule has 1 unspecified atom stereocenters. The second kappa shape index (κ2) is 8.26. The largest absolute Gasteiger partial charge is 0.464 e. The van der Waals surface area contributed by atoms with Crippen LogP contribution in [0.4, 0.5) is 0 Å². The fraction of sp³-hybridized carbons (Fsp3) is 0.464. The van der Waals surface area contributed by atoms with Crippen molar-refractivity contribution in [2.75, 3.05) is 0 Å². The molecular weight excluding hydrogens is 430 g/mol. The van der Waals surface area contributed by atoms with Gasteiger partial charge in [-0.2, -0.15) is 0 Å².